The van der Waals surface area contributed by atoms with Gasteiger partial charge in [-0.25, -0.2) is 0 Å². The lowest BCUT2D eigenvalue weighted by Gasteiger charge is -2.17. The zero-order chi connectivity index (χ0) is 23.4. The van der Waals surface area contributed by atoms with Gasteiger partial charge in [0.15, 0.2) is 0 Å². The number of carbonyl (C=O) groups excluding carboxylic acids is 3. The van der Waals surface area contributed by atoms with Crippen LogP contribution in [-0.2, 0) is 17.9 Å². The van der Waals surface area contributed by atoms with Crippen molar-refractivity contribution >= 4 is 17.7 Å². The van der Waals surface area contributed by atoms with Gasteiger partial charge in [-0.1, -0.05) is 54.6 Å². The number of nitrogens with zero attached hydrogens (tertiary/aromatic N) is 1. The Balaban J connectivity index is 1.48. The van der Waals surface area contributed by atoms with Crippen LogP contribution in [0.25, 0.3) is 11.1 Å². The van der Waals surface area contributed by atoms with E-state index in [2.05, 4.69) is 28.8 Å². The van der Waals surface area contributed by atoms with Crippen LogP contribution in [0.15, 0.2) is 66.7 Å². The molecular weight excluding hydrogens is 414 g/mol. The Morgan fingerprint density at radius 1 is 0.848 bits per heavy atom. The fraction of sp³-hybridized carbons (Fsp3) is 0.222. The van der Waals surface area contributed by atoms with E-state index in [0.29, 0.717) is 30.8 Å². The molecule has 0 spiro atoms. The maximum Gasteiger partial charge on any atom is 0.261 e. The van der Waals surface area contributed by atoms with Gasteiger partial charge < -0.3 is 10.6 Å². The summed E-state index contributed by atoms with van der Waals surface area (Å²) in [4.78, 5) is 38.4. The van der Waals surface area contributed by atoms with Gasteiger partial charge >= 0.3 is 0 Å². The van der Waals surface area contributed by atoms with Crippen molar-refractivity contribution in [3.63, 3.8) is 0 Å². The van der Waals surface area contributed by atoms with E-state index < -0.39 is 0 Å². The molecule has 0 unspecified atom stereocenters. The lowest BCUT2D eigenvalue weighted by Crippen LogP contribution is -2.30. The van der Waals surface area contributed by atoms with Gasteiger partial charge in [0, 0.05) is 26.6 Å². The van der Waals surface area contributed by atoms with Crippen molar-refractivity contribution < 1.29 is 14.4 Å². The molecule has 6 nitrogen and oxygen atoms in total. The molecule has 0 bridgehead atoms. The van der Waals surface area contributed by atoms with Gasteiger partial charge in [0.1, 0.15) is 0 Å². The molecule has 2 N–H and O–H groups in total. The highest BCUT2D eigenvalue weighted by Crippen LogP contribution is 2.29. The second-order valence-electron chi connectivity index (χ2n) is 8.19. The van der Waals surface area contributed by atoms with Crippen LogP contribution in [0.3, 0.4) is 0 Å². The Morgan fingerprint density at radius 3 is 2.36 bits per heavy atom. The van der Waals surface area contributed by atoms with Crippen LogP contribution >= 0.6 is 0 Å². The van der Waals surface area contributed by atoms with Crippen molar-refractivity contribution in [1.82, 2.24) is 15.5 Å². The molecule has 3 amide bonds. The maximum absolute atomic E-state index is 13.1. The number of imide groups is 1. The number of hydrogen-bond donors (Lipinski definition) is 2. The van der Waals surface area contributed by atoms with Crippen molar-refractivity contribution in [3.05, 3.63) is 94.5 Å². The van der Waals surface area contributed by atoms with Crippen LogP contribution in [0.1, 0.15) is 44.3 Å². The molecule has 0 aliphatic carbocycles. The number of benzene rings is 3. The van der Waals surface area contributed by atoms with Crippen LogP contribution in [0, 0.1) is 6.92 Å². The van der Waals surface area contributed by atoms with Crippen molar-refractivity contribution in [3.8, 4) is 11.1 Å². The third-order valence-electron chi connectivity index (χ3n) is 5.90. The zero-order valence-electron chi connectivity index (χ0n) is 18.9. The molecule has 0 saturated heterocycles. The number of hydrogen-bond acceptors (Lipinski definition) is 4. The van der Waals surface area contributed by atoms with E-state index in [9.17, 15) is 14.4 Å². The van der Waals surface area contributed by atoms with Gasteiger partial charge in [0.2, 0.25) is 5.91 Å². The van der Waals surface area contributed by atoms with Crippen molar-refractivity contribution in [2.75, 3.05) is 13.1 Å². The first-order valence-corrected chi connectivity index (χ1v) is 11.0. The minimum atomic E-state index is -0.264. The van der Waals surface area contributed by atoms with Crippen LogP contribution in [-0.4, -0.2) is 35.7 Å². The molecule has 3 aromatic carbocycles. The largest absolute Gasteiger partial charge is 0.355 e. The SMILES string of the molecule is CC(=O)NCCNCc1ccc2c(c1)C(=O)N(Cc1cccc(-c3ccccc3)c1C)C2=O. The fourth-order valence-corrected chi connectivity index (χ4v) is 4.11. The Hall–Kier alpha value is -3.77. The first-order valence-electron chi connectivity index (χ1n) is 11.0. The molecule has 1 heterocycles. The first-order chi connectivity index (χ1) is 16.0. The quantitative estimate of drug-likeness (QED) is 0.413. The minimum Gasteiger partial charge on any atom is -0.355 e. The molecule has 0 saturated carbocycles. The summed E-state index contributed by atoms with van der Waals surface area (Å²) in [6.45, 7) is 5.45. The third-order valence-corrected chi connectivity index (χ3v) is 5.90. The average Bonchev–Trinajstić information content (AvgIpc) is 3.05. The van der Waals surface area contributed by atoms with Gasteiger partial charge in [-0.2, -0.15) is 0 Å². The van der Waals surface area contributed by atoms with Crippen LogP contribution in [0.2, 0.25) is 0 Å². The van der Waals surface area contributed by atoms with E-state index in [0.717, 1.165) is 27.8 Å². The smallest absolute Gasteiger partial charge is 0.261 e. The van der Waals surface area contributed by atoms with Crippen molar-refractivity contribution in [1.29, 1.82) is 0 Å². The highest BCUT2D eigenvalue weighted by Gasteiger charge is 2.35. The molecule has 0 atom stereocenters. The van der Waals surface area contributed by atoms with E-state index in [1.807, 2.05) is 43.3 Å². The molecule has 168 valence electrons. The van der Waals surface area contributed by atoms with Crippen molar-refractivity contribution in [2.45, 2.75) is 26.9 Å². The number of rotatable bonds is 8. The Kier molecular flexibility index (Phi) is 6.66. The number of carbonyl (C=O) groups is 3. The maximum atomic E-state index is 13.1. The Morgan fingerprint density at radius 2 is 1.61 bits per heavy atom. The fourth-order valence-electron chi connectivity index (χ4n) is 4.11. The Bertz CT molecular complexity index is 1200. The molecule has 0 fully saturated rings. The second-order valence-corrected chi connectivity index (χ2v) is 8.19. The van der Waals surface area contributed by atoms with E-state index in [-0.39, 0.29) is 24.3 Å². The standard InChI is InChI=1S/C27H27N3O3/c1-18-22(9-6-10-23(18)21-7-4-3-5-8-21)17-30-26(32)24-12-11-20(15-25(24)27(30)33)16-28-13-14-29-19(2)31/h3-12,15,28H,13-14,16-17H2,1-2H3,(H,29,31). The summed E-state index contributed by atoms with van der Waals surface area (Å²) in [6, 6.07) is 21.5. The summed E-state index contributed by atoms with van der Waals surface area (Å²) in [5.41, 5.74) is 6.01. The second kappa shape index (κ2) is 9.79. The van der Waals surface area contributed by atoms with E-state index in [4.69, 9.17) is 0 Å². The van der Waals surface area contributed by atoms with Crippen molar-refractivity contribution in [2.24, 2.45) is 0 Å². The van der Waals surface area contributed by atoms with Gasteiger partial charge in [-0.3, -0.25) is 19.3 Å². The molecule has 1 aliphatic heterocycles. The van der Waals surface area contributed by atoms with E-state index >= 15 is 0 Å². The number of nitrogens with one attached hydrogen (secondary N) is 2. The molecule has 6 heteroatoms. The topological polar surface area (TPSA) is 78.5 Å². The highest BCUT2D eigenvalue weighted by molar-refractivity contribution is 6.21. The zero-order valence-corrected chi connectivity index (χ0v) is 18.9. The monoisotopic (exact) mass is 441 g/mol. The summed E-state index contributed by atoms with van der Waals surface area (Å²) in [5, 5.41) is 5.96. The van der Waals surface area contributed by atoms with Gasteiger partial charge in [-0.15, -0.1) is 0 Å². The van der Waals surface area contributed by atoms with Gasteiger partial charge in [-0.05, 0) is 46.9 Å². The average molecular weight is 442 g/mol. The number of fused-ring (bicyclic) bond motifs is 1. The predicted molar refractivity (Wildman–Crippen MR) is 128 cm³/mol. The number of amides is 3. The molecule has 4 rings (SSSR count). The lowest BCUT2D eigenvalue weighted by atomic mass is 9.96. The Labute approximate surface area is 193 Å². The molecule has 0 radical (unpaired) electrons. The summed E-state index contributed by atoms with van der Waals surface area (Å²) in [7, 11) is 0. The molecule has 1 aliphatic rings. The van der Waals surface area contributed by atoms with Gasteiger partial charge in [0.25, 0.3) is 11.8 Å². The highest BCUT2D eigenvalue weighted by atomic mass is 16.2. The van der Waals surface area contributed by atoms with E-state index in [1.165, 1.54) is 11.8 Å². The third kappa shape index (κ3) is 4.86. The molecule has 0 aromatic heterocycles. The first kappa shape index (κ1) is 22.4. The predicted octanol–water partition coefficient (Wildman–Crippen LogP) is 3.68. The summed E-state index contributed by atoms with van der Waals surface area (Å²) < 4.78 is 0. The minimum absolute atomic E-state index is 0.0666. The summed E-state index contributed by atoms with van der Waals surface area (Å²) >= 11 is 0. The molecular formula is C27H27N3O3. The molecule has 3 aromatic rings. The lowest BCUT2D eigenvalue weighted by molar-refractivity contribution is -0.118. The van der Waals surface area contributed by atoms with E-state index in [1.54, 1.807) is 12.1 Å². The van der Waals surface area contributed by atoms with Gasteiger partial charge in [0.05, 0.1) is 17.7 Å². The van der Waals surface area contributed by atoms with Crippen LogP contribution < -0.4 is 10.6 Å². The molecule has 33 heavy (non-hydrogen) atoms. The normalized spacial score (nSPS) is 12.7. The summed E-state index contributed by atoms with van der Waals surface area (Å²) in [6.07, 6.45) is 0. The van der Waals surface area contributed by atoms with Crippen LogP contribution in [0.4, 0.5) is 0 Å². The summed E-state index contributed by atoms with van der Waals surface area (Å²) in [5.74, 6) is -0.590. The van der Waals surface area contributed by atoms with Crippen LogP contribution in [0.5, 0.6) is 0 Å².